The highest BCUT2D eigenvalue weighted by Crippen LogP contribution is 2.45. The highest BCUT2D eigenvalue weighted by Gasteiger charge is 2.30. The van der Waals surface area contributed by atoms with Crippen molar-refractivity contribution in [1.82, 2.24) is 0 Å². The van der Waals surface area contributed by atoms with E-state index in [0.29, 0.717) is 31.6 Å². The van der Waals surface area contributed by atoms with Crippen molar-refractivity contribution in [3.8, 4) is 0 Å². The van der Waals surface area contributed by atoms with E-state index in [1.807, 2.05) is 0 Å². The van der Waals surface area contributed by atoms with Crippen molar-refractivity contribution < 1.29 is 80.2 Å². The third-order valence-electron chi connectivity index (χ3n) is 17.0. The number of phosphoric acid groups is 2. The van der Waals surface area contributed by atoms with Crippen molar-refractivity contribution in [3.05, 3.63) is 0 Å². The Hall–Kier alpha value is -1.94. The molecular weight excluding hydrogens is 1210 g/mol. The van der Waals surface area contributed by atoms with Crippen LogP contribution in [0.2, 0.25) is 0 Å². The summed E-state index contributed by atoms with van der Waals surface area (Å²) in [5.41, 5.74) is 0. The minimum atomic E-state index is -4.95. The Morgan fingerprint density at radius 3 is 0.739 bits per heavy atom. The van der Waals surface area contributed by atoms with Crippen molar-refractivity contribution in [2.75, 3.05) is 39.6 Å². The van der Waals surface area contributed by atoms with Crippen LogP contribution in [0.15, 0.2) is 0 Å². The average molecular weight is 1350 g/mol. The summed E-state index contributed by atoms with van der Waals surface area (Å²) in [5.74, 6) is -0.706. The fourth-order valence-corrected chi connectivity index (χ4v) is 12.7. The summed E-state index contributed by atoms with van der Waals surface area (Å²) in [5, 5.41) is 10.6. The maximum atomic E-state index is 13.1. The first-order valence-corrected chi connectivity index (χ1v) is 41.0. The monoisotopic (exact) mass is 1350 g/mol. The van der Waals surface area contributed by atoms with Gasteiger partial charge < -0.3 is 33.8 Å². The molecule has 0 saturated carbocycles. The molecule has 92 heavy (non-hydrogen) atoms. The number of rotatable bonds is 72. The van der Waals surface area contributed by atoms with Crippen molar-refractivity contribution >= 4 is 39.5 Å². The molecule has 0 aromatic rings. The molecule has 0 rings (SSSR count). The van der Waals surface area contributed by atoms with E-state index >= 15 is 0 Å². The number of carbonyl (C=O) groups excluding carboxylic acids is 4. The molecular formula is C73H142O17P2. The van der Waals surface area contributed by atoms with E-state index in [2.05, 4.69) is 41.5 Å². The number of unbranched alkanes of at least 4 members (excludes halogenated alkanes) is 42. The molecule has 19 heteroatoms. The number of hydrogen-bond acceptors (Lipinski definition) is 15. The smallest absolute Gasteiger partial charge is 0.462 e. The number of carbonyl (C=O) groups is 4. The standard InChI is InChI=1S/C73H142O17P2/c1-7-9-11-13-15-17-19-21-22-23-24-25-27-29-33-37-45-51-57-72(77)89-68(61-83-70(75)55-49-43-36-32-28-26-20-18-16-14-12-10-8-2)63-87-91(79,80)85-59-67(74)60-86-92(81,82)88-64-69(62-84-71(76)56-50-44-40-39-42-48-54-66(5)6)90-73(78)58-52-46-38-34-30-31-35-41-47-53-65(3)4/h65-69,74H,7-64H2,1-6H3,(H,79,80)(H,81,82)/t67-,68-,69-/m1/s1. The van der Waals surface area contributed by atoms with E-state index in [9.17, 15) is 43.2 Å². The lowest BCUT2D eigenvalue weighted by atomic mass is 10.0. The number of phosphoric ester groups is 2. The van der Waals surface area contributed by atoms with E-state index in [1.165, 1.54) is 186 Å². The van der Waals surface area contributed by atoms with Crippen LogP contribution in [0.3, 0.4) is 0 Å². The molecule has 0 bridgehead atoms. The van der Waals surface area contributed by atoms with E-state index < -0.39 is 97.5 Å². The van der Waals surface area contributed by atoms with Gasteiger partial charge in [0.1, 0.15) is 19.3 Å². The van der Waals surface area contributed by atoms with Gasteiger partial charge in [-0.3, -0.25) is 37.3 Å². The van der Waals surface area contributed by atoms with Gasteiger partial charge in [-0.25, -0.2) is 9.13 Å². The second-order valence-electron chi connectivity index (χ2n) is 27.3. The first kappa shape index (κ1) is 90.1. The summed E-state index contributed by atoms with van der Waals surface area (Å²) >= 11 is 0. The normalized spacial score (nSPS) is 14.1. The van der Waals surface area contributed by atoms with Crippen LogP contribution in [-0.4, -0.2) is 96.7 Å². The van der Waals surface area contributed by atoms with Crippen molar-refractivity contribution in [3.63, 3.8) is 0 Å². The van der Waals surface area contributed by atoms with Crippen LogP contribution >= 0.6 is 15.6 Å². The van der Waals surface area contributed by atoms with Gasteiger partial charge in [-0.1, -0.05) is 324 Å². The van der Waals surface area contributed by atoms with Gasteiger partial charge >= 0.3 is 39.5 Å². The molecule has 0 amide bonds. The molecule has 5 atom stereocenters. The zero-order valence-corrected chi connectivity index (χ0v) is 61.6. The lowest BCUT2D eigenvalue weighted by molar-refractivity contribution is -0.161. The highest BCUT2D eigenvalue weighted by atomic mass is 31.2. The van der Waals surface area contributed by atoms with Gasteiger partial charge in [0.15, 0.2) is 12.2 Å². The Morgan fingerprint density at radius 2 is 0.500 bits per heavy atom. The average Bonchev–Trinajstić information content (AvgIpc) is 2.73. The molecule has 2 unspecified atom stereocenters. The van der Waals surface area contributed by atoms with Gasteiger partial charge in [0, 0.05) is 25.7 Å². The molecule has 0 heterocycles. The zero-order valence-electron chi connectivity index (χ0n) is 59.9. The van der Waals surface area contributed by atoms with Crippen LogP contribution in [0.5, 0.6) is 0 Å². The zero-order chi connectivity index (χ0) is 67.9. The first-order valence-electron chi connectivity index (χ1n) is 38.0. The summed E-state index contributed by atoms with van der Waals surface area (Å²) in [6.07, 6.45) is 51.5. The second-order valence-corrected chi connectivity index (χ2v) is 30.2. The molecule has 0 aromatic heterocycles. The number of esters is 4. The molecule has 0 aliphatic carbocycles. The molecule has 0 fully saturated rings. The predicted molar refractivity (Wildman–Crippen MR) is 372 cm³/mol. The van der Waals surface area contributed by atoms with E-state index in [0.717, 1.165) is 102 Å². The largest absolute Gasteiger partial charge is 0.472 e. The maximum Gasteiger partial charge on any atom is 0.472 e. The predicted octanol–water partition coefficient (Wildman–Crippen LogP) is 21.2. The fraction of sp³-hybridized carbons (Fsp3) is 0.945. The van der Waals surface area contributed by atoms with Gasteiger partial charge in [-0.2, -0.15) is 0 Å². The third-order valence-corrected chi connectivity index (χ3v) is 18.9. The summed E-state index contributed by atoms with van der Waals surface area (Å²) in [6, 6.07) is 0. The maximum absolute atomic E-state index is 13.1. The third kappa shape index (κ3) is 66.7. The van der Waals surface area contributed by atoms with Gasteiger partial charge in [0.05, 0.1) is 26.4 Å². The Balaban J connectivity index is 5.22. The Bertz CT molecular complexity index is 1790. The second kappa shape index (κ2) is 65.0. The van der Waals surface area contributed by atoms with Crippen LogP contribution < -0.4 is 0 Å². The van der Waals surface area contributed by atoms with Crippen LogP contribution in [0, 0.1) is 11.8 Å². The van der Waals surface area contributed by atoms with Gasteiger partial charge in [-0.05, 0) is 37.5 Å². The van der Waals surface area contributed by atoms with E-state index in [1.54, 1.807) is 0 Å². The summed E-state index contributed by atoms with van der Waals surface area (Å²) in [7, 11) is -9.90. The van der Waals surface area contributed by atoms with Crippen molar-refractivity contribution in [1.29, 1.82) is 0 Å². The fourth-order valence-electron chi connectivity index (χ4n) is 11.1. The molecule has 0 radical (unpaired) electrons. The molecule has 0 aliphatic rings. The highest BCUT2D eigenvalue weighted by molar-refractivity contribution is 7.47. The Labute approximate surface area is 562 Å². The molecule has 0 aromatic carbocycles. The van der Waals surface area contributed by atoms with Crippen LogP contribution in [0.25, 0.3) is 0 Å². The topological polar surface area (TPSA) is 237 Å². The van der Waals surface area contributed by atoms with E-state index in [-0.39, 0.29) is 25.7 Å². The lowest BCUT2D eigenvalue weighted by Gasteiger charge is -2.21. The summed E-state index contributed by atoms with van der Waals surface area (Å²) in [4.78, 5) is 72.6. The number of hydrogen-bond donors (Lipinski definition) is 3. The summed E-state index contributed by atoms with van der Waals surface area (Å²) < 4.78 is 68.4. The van der Waals surface area contributed by atoms with Crippen LogP contribution in [-0.2, 0) is 65.4 Å². The first-order chi connectivity index (χ1) is 44.4. The van der Waals surface area contributed by atoms with Crippen LogP contribution in [0.1, 0.15) is 375 Å². The minimum absolute atomic E-state index is 0.104. The van der Waals surface area contributed by atoms with Gasteiger partial charge in [0.2, 0.25) is 0 Å². The number of aliphatic hydroxyl groups excluding tert-OH is 1. The lowest BCUT2D eigenvalue weighted by Crippen LogP contribution is -2.30. The SMILES string of the molecule is CCCCCCCCCCCCCCCCCCCCC(=O)O[C@H](COC(=O)CCCCCCCCCCCCCCC)COP(=O)(O)OC[C@@H](O)COP(=O)(O)OC[C@@H](COC(=O)CCCCCCCCC(C)C)OC(=O)CCCCCCCCCCCC(C)C. The molecule has 0 spiro atoms. The Morgan fingerprint density at radius 1 is 0.293 bits per heavy atom. The minimum Gasteiger partial charge on any atom is -0.462 e. The summed E-state index contributed by atoms with van der Waals surface area (Å²) in [6.45, 7) is 9.47. The number of aliphatic hydroxyl groups is 1. The Kier molecular flexibility index (Phi) is 63.7. The van der Waals surface area contributed by atoms with Gasteiger partial charge in [0.25, 0.3) is 0 Å². The van der Waals surface area contributed by atoms with Crippen molar-refractivity contribution in [2.45, 2.75) is 394 Å². The molecule has 17 nitrogen and oxygen atoms in total. The quantitative estimate of drug-likeness (QED) is 0.0222. The van der Waals surface area contributed by atoms with Gasteiger partial charge in [-0.15, -0.1) is 0 Å². The van der Waals surface area contributed by atoms with E-state index in [4.69, 9.17) is 37.0 Å². The van der Waals surface area contributed by atoms with Crippen LogP contribution in [0.4, 0.5) is 0 Å². The molecule has 0 saturated heterocycles. The van der Waals surface area contributed by atoms with Crippen molar-refractivity contribution in [2.24, 2.45) is 11.8 Å². The molecule has 546 valence electrons. The molecule has 0 aliphatic heterocycles. The molecule has 3 N–H and O–H groups in total. The number of ether oxygens (including phenoxy) is 4.